The average Bonchev–Trinajstić information content (AvgIpc) is 2.75. The van der Waals surface area contributed by atoms with Gasteiger partial charge in [0.25, 0.3) is 5.91 Å². The lowest BCUT2D eigenvalue weighted by Gasteiger charge is -2.30. The summed E-state index contributed by atoms with van der Waals surface area (Å²) >= 11 is 0. The Bertz CT molecular complexity index is 975. The van der Waals surface area contributed by atoms with Crippen molar-refractivity contribution in [1.29, 1.82) is 0 Å². The van der Waals surface area contributed by atoms with E-state index in [1.165, 1.54) is 12.8 Å². The highest BCUT2D eigenvalue weighted by Crippen LogP contribution is 2.24. The van der Waals surface area contributed by atoms with E-state index in [0.717, 1.165) is 47.3 Å². The standard InChI is InChI=1S/C24H26N4O/c1-17-13-15-28(16-14-17)23-12-11-22(26-27-23)19-7-9-20(10-8-19)25-24(29)21-6-4-3-5-18(21)2/h3-12,17H,13-16H2,1-2H3,(H,25,29). The van der Waals surface area contributed by atoms with Crippen LogP contribution in [0.25, 0.3) is 11.3 Å². The Morgan fingerprint density at radius 1 is 0.966 bits per heavy atom. The van der Waals surface area contributed by atoms with Gasteiger partial charge in [-0.1, -0.05) is 37.3 Å². The van der Waals surface area contributed by atoms with E-state index in [9.17, 15) is 4.79 Å². The van der Waals surface area contributed by atoms with Crippen LogP contribution < -0.4 is 10.2 Å². The van der Waals surface area contributed by atoms with Crippen LogP contribution >= 0.6 is 0 Å². The first-order chi connectivity index (χ1) is 14.1. The van der Waals surface area contributed by atoms with Crippen LogP contribution in [-0.2, 0) is 0 Å². The summed E-state index contributed by atoms with van der Waals surface area (Å²) in [7, 11) is 0. The zero-order valence-corrected chi connectivity index (χ0v) is 16.9. The molecule has 1 aromatic heterocycles. The molecule has 0 radical (unpaired) electrons. The molecule has 4 rings (SSSR count). The van der Waals surface area contributed by atoms with Crippen molar-refractivity contribution < 1.29 is 4.79 Å². The summed E-state index contributed by atoms with van der Waals surface area (Å²) in [6, 6.07) is 19.3. The zero-order valence-electron chi connectivity index (χ0n) is 16.9. The number of hydrogen-bond donors (Lipinski definition) is 1. The Morgan fingerprint density at radius 2 is 1.69 bits per heavy atom. The van der Waals surface area contributed by atoms with Crippen LogP contribution in [0.5, 0.6) is 0 Å². The minimum atomic E-state index is -0.101. The Hall–Kier alpha value is -3.21. The summed E-state index contributed by atoms with van der Waals surface area (Å²) in [6.45, 7) is 6.33. The summed E-state index contributed by atoms with van der Waals surface area (Å²) < 4.78 is 0. The van der Waals surface area contributed by atoms with Gasteiger partial charge in [-0.25, -0.2) is 0 Å². The molecule has 1 fully saturated rings. The van der Waals surface area contributed by atoms with Gasteiger partial charge in [-0.2, -0.15) is 0 Å². The molecule has 1 N–H and O–H groups in total. The van der Waals surface area contributed by atoms with Gasteiger partial charge in [-0.15, -0.1) is 10.2 Å². The molecule has 0 spiro atoms. The number of carbonyl (C=O) groups is 1. The molecule has 0 bridgehead atoms. The minimum Gasteiger partial charge on any atom is -0.355 e. The molecule has 0 saturated carbocycles. The van der Waals surface area contributed by atoms with E-state index >= 15 is 0 Å². The number of anilines is 2. The highest BCUT2D eigenvalue weighted by molar-refractivity contribution is 6.05. The molecule has 3 aromatic rings. The van der Waals surface area contributed by atoms with Crippen molar-refractivity contribution in [2.24, 2.45) is 5.92 Å². The molecular formula is C24H26N4O. The zero-order chi connectivity index (χ0) is 20.2. The fourth-order valence-corrected chi connectivity index (χ4v) is 3.64. The lowest BCUT2D eigenvalue weighted by atomic mass is 9.99. The van der Waals surface area contributed by atoms with E-state index in [1.54, 1.807) is 0 Å². The van der Waals surface area contributed by atoms with Crippen LogP contribution in [0.2, 0.25) is 0 Å². The Balaban J connectivity index is 1.42. The second kappa shape index (κ2) is 8.43. The van der Waals surface area contributed by atoms with Gasteiger partial charge in [0, 0.05) is 29.9 Å². The SMILES string of the molecule is Cc1ccccc1C(=O)Nc1ccc(-c2ccc(N3CCC(C)CC3)nn2)cc1. The van der Waals surface area contributed by atoms with E-state index < -0.39 is 0 Å². The van der Waals surface area contributed by atoms with Crippen LogP contribution in [0, 0.1) is 12.8 Å². The first-order valence-corrected chi connectivity index (χ1v) is 10.2. The van der Waals surface area contributed by atoms with Gasteiger partial charge in [0.2, 0.25) is 0 Å². The van der Waals surface area contributed by atoms with Crippen molar-refractivity contribution >= 4 is 17.4 Å². The summed E-state index contributed by atoms with van der Waals surface area (Å²) in [5.74, 6) is 1.64. The number of piperidine rings is 1. The van der Waals surface area contributed by atoms with Crippen molar-refractivity contribution in [3.63, 3.8) is 0 Å². The number of amides is 1. The van der Waals surface area contributed by atoms with Gasteiger partial charge < -0.3 is 10.2 Å². The molecule has 1 aliphatic rings. The molecule has 5 heteroatoms. The Labute approximate surface area is 171 Å². The van der Waals surface area contributed by atoms with Gasteiger partial charge in [-0.05, 0) is 61.6 Å². The monoisotopic (exact) mass is 386 g/mol. The van der Waals surface area contributed by atoms with E-state index in [2.05, 4.69) is 27.3 Å². The maximum Gasteiger partial charge on any atom is 0.255 e. The Morgan fingerprint density at radius 3 is 2.34 bits per heavy atom. The van der Waals surface area contributed by atoms with Crippen LogP contribution in [-0.4, -0.2) is 29.2 Å². The second-order valence-electron chi connectivity index (χ2n) is 7.79. The largest absolute Gasteiger partial charge is 0.355 e. The number of aromatic nitrogens is 2. The number of nitrogens with one attached hydrogen (secondary N) is 1. The first-order valence-electron chi connectivity index (χ1n) is 10.2. The highest BCUT2D eigenvalue weighted by atomic mass is 16.1. The fourth-order valence-electron chi connectivity index (χ4n) is 3.64. The number of benzene rings is 2. The third-order valence-corrected chi connectivity index (χ3v) is 5.59. The van der Waals surface area contributed by atoms with Gasteiger partial charge in [0.15, 0.2) is 5.82 Å². The van der Waals surface area contributed by atoms with Crippen LogP contribution in [0.1, 0.15) is 35.7 Å². The molecule has 1 saturated heterocycles. The highest BCUT2D eigenvalue weighted by Gasteiger charge is 2.17. The van der Waals surface area contributed by atoms with E-state index in [0.29, 0.717) is 5.56 Å². The molecule has 1 aliphatic heterocycles. The average molecular weight is 386 g/mol. The first kappa shape index (κ1) is 19.1. The number of hydrogen-bond acceptors (Lipinski definition) is 4. The van der Waals surface area contributed by atoms with Crippen molar-refractivity contribution in [2.45, 2.75) is 26.7 Å². The molecular weight excluding hydrogens is 360 g/mol. The third-order valence-electron chi connectivity index (χ3n) is 5.59. The van der Waals surface area contributed by atoms with Crippen molar-refractivity contribution in [3.8, 4) is 11.3 Å². The molecule has 1 amide bonds. The van der Waals surface area contributed by atoms with Gasteiger partial charge in [0.1, 0.15) is 0 Å². The van der Waals surface area contributed by atoms with Crippen LogP contribution in [0.15, 0.2) is 60.7 Å². The predicted molar refractivity (Wildman–Crippen MR) is 117 cm³/mol. The van der Waals surface area contributed by atoms with E-state index in [1.807, 2.05) is 67.6 Å². The summed E-state index contributed by atoms with van der Waals surface area (Å²) in [5.41, 5.74) is 4.21. The molecule has 2 heterocycles. The normalized spacial score (nSPS) is 14.6. The van der Waals surface area contributed by atoms with Crippen LogP contribution in [0.3, 0.4) is 0 Å². The Kier molecular flexibility index (Phi) is 5.56. The summed E-state index contributed by atoms with van der Waals surface area (Å²) in [6.07, 6.45) is 2.41. The quantitative estimate of drug-likeness (QED) is 0.690. The number of nitrogens with zero attached hydrogens (tertiary/aromatic N) is 3. The lowest BCUT2D eigenvalue weighted by molar-refractivity contribution is 0.102. The molecule has 0 atom stereocenters. The smallest absolute Gasteiger partial charge is 0.255 e. The predicted octanol–water partition coefficient (Wildman–Crippen LogP) is 4.94. The minimum absolute atomic E-state index is 0.101. The molecule has 5 nitrogen and oxygen atoms in total. The van der Waals surface area contributed by atoms with Crippen molar-refractivity contribution in [1.82, 2.24) is 10.2 Å². The fraction of sp³-hybridized carbons (Fsp3) is 0.292. The topological polar surface area (TPSA) is 58.1 Å². The van der Waals surface area contributed by atoms with Gasteiger partial charge >= 0.3 is 0 Å². The van der Waals surface area contributed by atoms with Crippen molar-refractivity contribution in [2.75, 3.05) is 23.3 Å². The van der Waals surface area contributed by atoms with Crippen molar-refractivity contribution in [3.05, 3.63) is 71.8 Å². The number of rotatable bonds is 4. The molecule has 2 aromatic carbocycles. The summed E-state index contributed by atoms with van der Waals surface area (Å²) in [5, 5.41) is 11.8. The molecule has 148 valence electrons. The second-order valence-corrected chi connectivity index (χ2v) is 7.79. The third kappa shape index (κ3) is 4.45. The van der Waals surface area contributed by atoms with Gasteiger partial charge in [0.05, 0.1) is 5.69 Å². The number of aryl methyl sites for hydroxylation is 1. The molecule has 0 aliphatic carbocycles. The maximum absolute atomic E-state index is 12.5. The molecule has 29 heavy (non-hydrogen) atoms. The van der Waals surface area contributed by atoms with E-state index in [-0.39, 0.29) is 5.91 Å². The van der Waals surface area contributed by atoms with E-state index in [4.69, 9.17) is 0 Å². The molecule has 0 unspecified atom stereocenters. The number of carbonyl (C=O) groups excluding carboxylic acids is 1. The maximum atomic E-state index is 12.5. The summed E-state index contributed by atoms with van der Waals surface area (Å²) in [4.78, 5) is 14.8. The van der Waals surface area contributed by atoms with Gasteiger partial charge in [-0.3, -0.25) is 4.79 Å². The lowest BCUT2D eigenvalue weighted by Crippen LogP contribution is -2.33. The van der Waals surface area contributed by atoms with Crippen LogP contribution in [0.4, 0.5) is 11.5 Å².